The summed E-state index contributed by atoms with van der Waals surface area (Å²) in [6.07, 6.45) is 3.84. The van der Waals surface area contributed by atoms with Gasteiger partial charge in [-0.2, -0.15) is 0 Å². The number of rotatable bonds is 1. The number of pyridine rings is 1. The van der Waals surface area contributed by atoms with Gasteiger partial charge in [0, 0.05) is 25.5 Å². The van der Waals surface area contributed by atoms with Crippen molar-refractivity contribution in [1.29, 1.82) is 0 Å². The summed E-state index contributed by atoms with van der Waals surface area (Å²) in [7, 11) is 0. The molecule has 0 saturated carbocycles. The molecule has 1 aliphatic heterocycles. The zero-order valence-electron chi connectivity index (χ0n) is 9.28. The minimum absolute atomic E-state index is 0.106. The van der Waals surface area contributed by atoms with Crippen LogP contribution in [0.2, 0.25) is 0 Å². The lowest BCUT2D eigenvalue weighted by atomic mass is 10.3. The van der Waals surface area contributed by atoms with Gasteiger partial charge in [0.1, 0.15) is 11.3 Å². The molecule has 0 aromatic carbocycles. The second-order valence-corrected chi connectivity index (χ2v) is 4.29. The fourth-order valence-electron chi connectivity index (χ4n) is 2.13. The molecule has 17 heavy (non-hydrogen) atoms. The van der Waals surface area contributed by atoms with Gasteiger partial charge >= 0.3 is 0 Å². The van der Waals surface area contributed by atoms with E-state index < -0.39 is 6.10 Å². The first-order valence-electron chi connectivity index (χ1n) is 5.65. The van der Waals surface area contributed by atoms with E-state index in [0.717, 1.165) is 5.65 Å². The lowest BCUT2D eigenvalue weighted by Gasteiger charge is -2.13. The molecule has 0 aliphatic carbocycles. The molecule has 0 bridgehead atoms. The highest BCUT2D eigenvalue weighted by Gasteiger charge is 2.26. The van der Waals surface area contributed by atoms with E-state index in [9.17, 15) is 9.90 Å². The smallest absolute Gasteiger partial charge is 0.274 e. The highest BCUT2D eigenvalue weighted by molar-refractivity contribution is 5.93. The van der Waals surface area contributed by atoms with Crippen molar-refractivity contribution in [2.75, 3.05) is 13.1 Å². The zero-order chi connectivity index (χ0) is 11.8. The van der Waals surface area contributed by atoms with Crippen LogP contribution in [0.4, 0.5) is 0 Å². The van der Waals surface area contributed by atoms with Gasteiger partial charge in [-0.15, -0.1) is 0 Å². The van der Waals surface area contributed by atoms with Crippen molar-refractivity contribution in [2.45, 2.75) is 12.5 Å². The van der Waals surface area contributed by atoms with Gasteiger partial charge in [-0.25, -0.2) is 4.98 Å². The summed E-state index contributed by atoms with van der Waals surface area (Å²) in [6.45, 7) is 1.01. The molecule has 3 rings (SSSR count). The van der Waals surface area contributed by atoms with Gasteiger partial charge in [-0.1, -0.05) is 6.07 Å². The SMILES string of the molecule is O=C(c1cn2ccccc2n1)N1CC[C@@H](O)C1. The van der Waals surface area contributed by atoms with Crippen molar-refractivity contribution >= 4 is 11.6 Å². The van der Waals surface area contributed by atoms with Gasteiger partial charge in [0.2, 0.25) is 0 Å². The maximum absolute atomic E-state index is 12.1. The number of aliphatic hydroxyl groups excluding tert-OH is 1. The Balaban J connectivity index is 1.90. The van der Waals surface area contributed by atoms with Crippen LogP contribution in [0.25, 0.3) is 5.65 Å². The average molecular weight is 231 g/mol. The Morgan fingerprint density at radius 1 is 1.47 bits per heavy atom. The van der Waals surface area contributed by atoms with Gasteiger partial charge in [0.05, 0.1) is 6.10 Å². The minimum atomic E-state index is -0.393. The number of fused-ring (bicyclic) bond motifs is 1. The maximum atomic E-state index is 12.1. The summed E-state index contributed by atoms with van der Waals surface area (Å²) in [5.41, 5.74) is 1.20. The summed E-state index contributed by atoms with van der Waals surface area (Å²) >= 11 is 0. The minimum Gasteiger partial charge on any atom is -0.391 e. The number of β-amino-alcohol motifs (C(OH)–C–C–N with tert-alkyl or cyclic N) is 1. The zero-order valence-corrected chi connectivity index (χ0v) is 9.28. The summed E-state index contributed by atoms with van der Waals surface area (Å²) in [6, 6.07) is 5.63. The molecule has 3 heterocycles. The molecule has 1 saturated heterocycles. The second kappa shape index (κ2) is 3.85. The molecule has 0 spiro atoms. The van der Waals surface area contributed by atoms with Crippen LogP contribution in [0.5, 0.6) is 0 Å². The van der Waals surface area contributed by atoms with Gasteiger partial charge < -0.3 is 14.4 Å². The van der Waals surface area contributed by atoms with Crippen molar-refractivity contribution in [3.05, 3.63) is 36.3 Å². The van der Waals surface area contributed by atoms with E-state index in [2.05, 4.69) is 4.98 Å². The molecular weight excluding hydrogens is 218 g/mol. The summed E-state index contributed by atoms with van der Waals surface area (Å²) in [4.78, 5) is 18.0. The van der Waals surface area contributed by atoms with E-state index in [-0.39, 0.29) is 5.91 Å². The molecule has 1 aliphatic rings. The summed E-state index contributed by atoms with van der Waals surface area (Å²) in [5, 5.41) is 9.42. The van der Waals surface area contributed by atoms with Crippen molar-refractivity contribution in [1.82, 2.24) is 14.3 Å². The average Bonchev–Trinajstić information content (AvgIpc) is 2.93. The van der Waals surface area contributed by atoms with Crippen molar-refractivity contribution < 1.29 is 9.90 Å². The molecule has 5 nitrogen and oxygen atoms in total. The summed E-state index contributed by atoms with van der Waals surface area (Å²) in [5.74, 6) is -0.106. The number of carbonyl (C=O) groups is 1. The Morgan fingerprint density at radius 2 is 2.35 bits per heavy atom. The molecule has 1 N–H and O–H groups in total. The Morgan fingerprint density at radius 3 is 3.06 bits per heavy atom. The number of imidazole rings is 1. The third-order valence-electron chi connectivity index (χ3n) is 3.03. The fourth-order valence-corrected chi connectivity index (χ4v) is 2.13. The van der Waals surface area contributed by atoms with Crippen LogP contribution in [0.3, 0.4) is 0 Å². The van der Waals surface area contributed by atoms with Crippen molar-refractivity contribution in [3.8, 4) is 0 Å². The van der Waals surface area contributed by atoms with Crippen molar-refractivity contribution in [3.63, 3.8) is 0 Å². The Bertz CT molecular complexity index is 531. The maximum Gasteiger partial charge on any atom is 0.274 e. The number of aliphatic hydroxyl groups is 1. The monoisotopic (exact) mass is 231 g/mol. The third kappa shape index (κ3) is 1.78. The van der Waals surface area contributed by atoms with E-state index >= 15 is 0 Å². The van der Waals surface area contributed by atoms with Crippen LogP contribution in [0.1, 0.15) is 16.9 Å². The van der Waals surface area contributed by atoms with E-state index in [4.69, 9.17) is 0 Å². The van der Waals surface area contributed by atoms with Gasteiger partial charge in [0.15, 0.2) is 0 Å². The number of likely N-dealkylation sites (tertiary alicyclic amines) is 1. The van der Waals surface area contributed by atoms with Crippen LogP contribution in [-0.4, -0.2) is 44.5 Å². The molecule has 0 unspecified atom stereocenters. The van der Waals surface area contributed by atoms with E-state index in [1.807, 2.05) is 28.8 Å². The molecular formula is C12H13N3O2. The molecule has 2 aromatic heterocycles. The first-order valence-corrected chi connectivity index (χ1v) is 5.65. The van der Waals surface area contributed by atoms with Crippen LogP contribution in [-0.2, 0) is 0 Å². The van der Waals surface area contributed by atoms with E-state index in [1.165, 1.54) is 0 Å². The Kier molecular flexibility index (Phi) is 2.33. The third-order valence-corrected chi connectivity index (χ3v) is 3.03. The highest BCUT2D eigenvalue weighted by Crippen LogP contribution is 2.13. The topological polar surface area (TPSA) is 57.8 Å². The van der Waals surface area contributed by atoms with Gasteiger partial charge in [-0.3, -0.25) is 4.79 Å². The molecule has 5 heteroatoms. The van der Waals surface area contributed by atoms with Crippen LogP contribution < -0.4 is 0 Å². The first kappa shape index (κ1) is 10.3. The molecule has 1 atom stereocenters. The number of nitrogens with zero attached hydrogens (tertiary/aromatic N) is 3. The number of amides is 1. The second-order valence-electron chi connectivity index (χ2n) is 4.29. The van der Waals surface area contributed by atoms with E-state index in [1.54, 1.807) is 11.1 Å². The number of hydrogen-bond acceptors (Lipinski definition) is 3. The normalized spacial score (nSPS) is 20.1. The number of aromatic nitrogens is 2. The highest BCUT2D eigenvalue weighted by atomic mass is 16.3. The number of hydrogen-bond donors (Lipinski definition) is 1. The standard InChI is InChI=1S/C12H13N3O2/c16-9-4-6-15(7-9)12(17)10-8-14-5-2-1-3-11(14)13-10/h1-3,5,8-9,16H,4,6-7H2/t9-/m1/s1. The van der Waals surface area contributed by atoms with Gasteiger partial charge in [0.25, 0.3) is 5.91 Å². The predicted octanol–water partition coefficient (Wildman–Crippen LogP) is 0.541. The van der Waals surface area contributed by atoms with Crippen LogP contribution in [0.15, 0.2) is 30.6 Å². The Labute approximate surface area is 98.3 Å². The fraction of sp³-hybridized carbons (Fsp3) is 0.333. The molecule has 88 valence electrons. The molecule has 2 aromatic rings. The predicted molar refractivity (Wildman–Crippen MR) is 61.7 cm³/mol. The first-order chi connectivity index (χ1) is 8.24. The summed E-state index contributed by atoms with van der Waals surface area (Å²) < 4.78 is 1.82. The number of carbonyl (C=O) groups excluding carboxylic acids is 1. The largest absolute Gasteiger partial charge is 0.391 e. The quantitative estimate of drug-likeness (QED) is 0.779. The lowest BCUT2D eigenvalue weighted by Crippen LogP contribution is -2.29. The molecule has 0 radical (unpaired) electrons. The van der Waals surface area contributed by atoms with Crippen molar-refractivity contribution in [2.24, 2.45) is 0 Å². The van der Waals surface area contributed by atoms with Crippen LogP contribution >= 0.6 is 0 Å². The lowest BCUT2D eigenvalue weighted by molar-refractivity contribution is 0.0760. The molecule has 1 fully saturated rings. The Hall–Kier alpha value is -1.88. The van der Waals surface area contributed by atoms with Gasteiger partial charge in [-0.05, 0) is 18.6 Å². The van der Waals surface area contributed by atoms with Crippen LogP contribution in [0, 0.1) is 0 Å². The van der Waals surface area contributed by atoms with E-state index in [0.29, 0.717) is 25.2 Å². The molecule has 1 amide bonds.